The van der Waals surface area contributed by atoms with E-state index in [2.05, 4.69) is 5.32 Å². The second-order valence-corrected chi connectivity index (χ2v) is 11.2. The normalized spacial score (nSPS) is 18.3. The van der Waals surface area contributed by atoms with Gasteiger partial charge in [0, 0.05) is 38.7 Å². The number of carbonyl (C=O) groups excluding carboxylic acids is 3. The van der Waals surface area contributed by atoms with E-state index in [0.29, 0.717) is 30.6 Å². The lowest BCUT2D eigenvalue weighted by atomic mass is 9.93. The van der Waals surface area contributed by atoms with Crippen molar-refractivity contribution < 1.29 is 28.2 Å². The third kappa shape index (κ3) is 6.96. The Morgan fingerprint density at radius 3 is 2.62 bits per heavy atom. The number of likely N-dealkylation sites (N-methyl/N-ethyl adjacent to an activating group) is 1. The Kier molecular flexibility index (Phi) is 8.74. The van der Waals surface area contributed by atoms with E-state index < -0.39 is 35.6 Å². The Morgan fingerprint density at radius 1 is 1.20 bits per heavy atom. The standard InChI is InChI=1S/C30H35FN4O5/c1-30(2,3)40-29(38)35-11-5-13-39-26(18-35)27(36)33-23(17-32)15-22-7-6-20(16-25(22)31)19-8-9-24-21(14-19)10-12-34(4)28(24)37/h6-9,14,16,23,26H,5,10-13,15,18H2,1-4H3,(H,33,36)/t23-,26-/m0/s1. The lowest BCUT2D eigenvalue weighted by Gasteiger charge is -2.27. The van der Waals surface area contributed by atoms with Crippen LogP contribution in [0.4, 0.5) is 9.18 Å². The fourth-order valence-corrected chi connectivity index (χ4v) is 4.77. The minimum absolute atomic E-state index is 0.00931. The smallest absolute Gasteiger partial charge is 0.410 e. The van der Waals surface area contributed by atoms with E-state index in [1.54, 1.807) is 57.0 Å². The average Bonchev–Trinajstić information content (AvgIpc) is 3.17. The first-order valence-corrected chi connectivity index (χ1v) is 13.4. The van der Waals surface area contributed by atoms with Crippen molar-refractivity contribution in [3.05, 3.63) is 58.9 Å². The van der Waals surface area contributed by atoms with Gasteiger partial charge in [-0.3, -0.25) is 9.59 Å². The second kappa shape index (κ2) is 12.0. The highest BCUT2D eigenvalue weighted by Crippen LogP contribution is 2.27. The number of halogens is 1. The Labute approximate surface area is 233 Å². The number of rotatable bonds is 5. The molecule has 2 aliphatic rings. The lowest BCUT2D eigenvalue weighted by molar-refractivity contribution is -0.133. The maximum absolute atomic E-state index is 15.1. The summed E-state index contributed by atoms with van der Waals surface area (Å²) >= 11 is 0. The summed E-state index contributed by atoms with van der Waals surface area (Å²) in [7, 11) is 1.77. The summed E-state index contributed by atoms with van der Waals surface area (Å²) < 4.78 is 26.2. The van der Waals surface area contributed by atoms with Crippen molar-refractivity contribution >= 4 is 17.9 Å². The van der Waals surface area contributed by atoms with E-state index in [9.17, 15) is 19.6 Å². The van der Waals surface area contributed by atoms with Gasteiger partial charge in [-0.2, -0.15) is 5.26 Å². The highest BCUT2D eigenvalue weighted by atomic mass is 19.1. The summed E-state index contributed by atoms with van der Waals surface area (Å²) in [5.41, 5.74) is 2.65. The molecule has 0 aliphatic carbocycles. The molecule has 0 spiro atoms. The summed E-state index contributed by atoms with van der Waals surface area (Å²) in [6.07, 6.45) is -0.279. The molecule has 0 bridgehead atoms. The van der Waals surface area contributed by atoms with E-state index in [4.69, 9.17) is 9.47 Å². The minimum atomic E-state index is -0.999. The molecule has 4 rings (SSSR count). The van der Waals surface area contributed by atoms with Gasteiger partial charge >= 0.3 is 6.09 Å². The predicted molar refractivity (Wildman–Crippen MR) is 146 cm³/mol. The molecule has 40 heavy (non-hydrogen) atoms. The third-order valence-electron chi connectivity index (χ3n) is 6.90. The molecular weight excluding hydrogens is 515 g/mol. The summed E-state index contributed by atoms with van der Waals surface area (Å²) in [5, 5.41) is 12.3. The first-order chi connectivity index (χ1) is 18.9. The van der Waals surface area contributed by atoms with Crippen LogP contribution in [0.5, 0.6) is 0 Å². The van der Waals surface area contributed by atoms with Gasteiger partial charge in [0.1, 0.15) is 17.5 Å². The largest absolute Gasteiger partial charge is 0.444 e. The number of nitriles is 1. The zero-order chi connectivity index (χ0) is 29.0. The summed E-state index contributed by atoms with van der Waals surface area (Å²) in [4.78, 5) is 41.0. The molecule has 1 N–H and O–H groups in total. The molecule has 2 aromatic carbocycles. The molecule has 2 aromatic rings. The first-order valence-electron chi connectivity index (χ1n) is 13.4. The van der Waals surface area contributed by atoms with E-state index in [1.165, 1.54) is 11.0 Å². The van der Waals surface area contributed by atoms with Gasteiger partial charge in [0.2, 0.25) is 0 Å². The van der Waals surface area contributed by atoms with Gasteiger partial charge < -0.3 is 24.6 Å². The van der Waals surface area contributed by atoms with Crippen LogP contribution < -0.4 is 5.32 Å². The van der Waals surface area contributed by atoms with Crippen molar-refractivity contribution in [3.8, 4) is 17.2 Å². The molecule has 2 aliphatic heterocycles. The Bertz CT molecular complexity index is 1330. The van der Waals surface area contributed by atoms with Gasteiger partial charge in [-0.05, 0) is 68.0 Å². The molecule has 0 radical (unpaired) electrons. The summed E-state index contributed by atoms with van der Waals surface area (Å²) in [5.74, 6) is -1.07. The van der Waals surface area contributed by atoms with Crippen molar-refractivity contribution in [2.45, 2.75) is 57.8 Å². The molecule has 1 fully saturated rings. The fourth-order valence-electron chi connectivity index (χ4n) is 4.77. The van der Waals surface area contributed by atoms with Crippen molar-refractivity contribution in [1.29, 1.82) is 5.26 Å². The molecule has 212 valence electrons. The number of amides is 3. The molecule has 10 heteroatoms. The van der Waals surface area contributed by atoms with Gasteiger partial charge in [-0.15, -0.1) is 0 Å². The van der Waals surface area contributed by atoms with Crippen LogP contribution >= 0.6 is 0 Å². The van der Waals surface area contributed by atoms with Crippen molar-refractivity contribution in [2.75, 3.05) is 33.3 Å². The predicted octanol–water partition coefficient (Wildman–Crippen LogP) is 3.70. The van der Waals surface area contributed by atoms with Gasteiger partial charge in [0.25, 0.3) is 11.8 Å². The summed E-state index contributed by atoms with van der Waals surface area (Å²) in [6.45, 7) is 6.58. The van der Waals surface area contributed by atoms with E-state index >= 15 is 4.39 Å². The van der Waals surface area contributed by atoms with Gasteiger partial charge in [0.15, 0.2) is 6.10 Å². The number of carbonyl (C=O) groups is 3. The van der Waals surface area contributed by atoms with E-state index in [1.807, 2.05) is 12.1 Å². The topological polar surface area (TPSA) is 112 Å². The second-order valence-electron chi connectivity index (χ2n) is 11.2. The van der Waals surface area contributed by atoms with Crippen LogP contribution in [0.2, 0.25) is 0 Å². The molecule has 1 saturated heterocycles. The molecule has 0 saturated carbocycles. The molecule has 2 heterocycles. The SMILES string of the molecule is CN1CCc2cc(-c3ccc(C[C@@H](C#N)NC(=O)[C@@H]4CN(C(=O)OC(C)(C)C)CCCO4)c(F)c3)ccc2C1=O. The molecule has 3 amide bonds. The van der Waals surface area contributed by atoms with Crippen LogP contribution in [0.1, 0.15) is 48.7 Å². The van der Waals surface area contributed by atoms with Crippen molar-refractivity contribution in [3.63, 3.8) is 0 Å². The number of nitrogens with one attached hydrogen (secondary N) is 1. The molecular formula is C30H35FN4O5. The number of hydrogen-bond acceptors (Lipinski definition) is 6. The van der Waals surface area contributed by atoms with E-state index in [0.717, 1.165) is 17.5 Å². The zero-order valence-electron chi connectivity index (χ0n) is 23.3. The molecule has 9 nitrogen and oxygen atoms in total. The Morgan fingerprint density at radius 2 is 1.93 bits per heavy atom. The fraction of sp³-hybridized carbons (Fsp3) is 0.467. The van der Waals surface area contributed by atoms with Crippen LogP contribution in [0.3, 0.4) is 0 Å². The maximum Gasteiger partial charge on any atom is 0.410 e. The highest BCUT2D eigenvalue weighted by molar-refractivity contribution is 5.97. The highest BCUT2D eigenvalue weighted by Gasteiger charge is 2.31. The Hall–Kier alpha value is -3.97. The van der Waals surface area contributed by atoms with Gasteiger partial charge in [-0.1, -0.05) is 24.3 Å². The van der Waals surface area contributed by atoms with Crippen LogP contribution in [-0.4, -0.2) is 78.7 Å². The molecule has 2 atom stereocenters. The van der Waals surface area contributed by atoms with Crippen molar-refractivity contribution in [2.24, 2.45) is 0 Å². The summed E-state index contributed by atoms with van der Waals surface area (Å²) in [6, 6.07) is 11.3. The minimum Gasteiger partial charge on any atom is -0.444 e. The van der Waals surface area contributed by atoms with Gasteiger partial charge in [0.05, 0.1) is 12.6 Å². The quantitative estimate of drug-likeness (QED) is 0.608. The third-order valence-corrected chi connectivity index (χ3v) is 6.90. The van der Waals surface area contributed by atoms with E-state index in [-0.39, 0.29) is 31.0 Å². The Balaban J connectivity index is 1.41. The zero-order valence-corrected chi connectivity index (χ0v) is 23.3. The van der Waals surface area contributed by atoms with Crippen LogP contribution in [0, 0.1) is 17.1 Å². The average molecular weight is 551 g/mol. The maximum atomic E-state index is 15.1. The number of benzene rings is 2. The van der Waals surface area contributed by atoms with Crippen molar-refractivity contribution in [1.82, 2.24) is 15.1 Å². The number of hydrogen-bond donors (Lipinski definition) is 1. The first kappa shape index (κ1) is 29.0. The number of ether oxygens (including phenoxy) is 2. The van der Waals surface area contributed by atoms with Crippen LogP contribution in [0.15, 0.2) is 36.4 Å². The lowest BCUT2D eigenvalue weighted by Crippen LogP contribution is -2.48. The molecule has 0 aromatic heterocycles. The van der Waals surface area contributed by atoms with Crippen LogP contribution in [0.25, 0.3) is 11.1 Å². The number of nitrogens with zero attached hydrogens (tertiary/aromatic N) is 3. The molecule has 0 unspecified atom stereocenters. The monoisotopic (exact) mass is 550 g/mol. The van der Waals surface area contributed by atoms with Gasteiger partial charge in [-0.25, -0.2) is 9.18 Å². The van der Waals surface area contributed by atoms with Crippen LogP contribution in [-0.2, 0) is 27.1 Å². The number of fused-ring (bicyclic) bond motifs is 1.